The number of unbranched alkanes of at least 4 members (excludes halogenated alkanes) is 21. The van der Waals surface area contributed by atoms with Gasteiger partial charge in [-0.1, -0.05) is 160 Å². The van der Waals surface area contributed by atoms with Gasteiger partial charge in [-0.2, -0.15) is 0 Å². The number of aliphatic hydroxyl groups excluding tert-OH is 6. The second-order valence-electron chi connectivity index (χ2n) is 15.6. The maximum atomic E-state index is 13.0. The van der Waals surface area contributed by atoms with Crippen LogP contribution >= 0.6 is 0 Å². The molecule has 54 heavy (non-hydrogen) atoms. The number of nitrogens with one attached hydrogen (secondary N) is 1. The number of carbonyl (C=O) groups excluding carboxylic acids is 1. The standard InChI is InChI=1S/C44H83NO9/c1-3-5-7-9-11-13-15-17-18-19-20-21-23-25-27-29-31-33-39(48)45-36(35-53-44-43(52)42(51)41(50)38(34-46)54-44)40(49)37(47)32-30-28-26-24-22-16-14-12-10-8-6-4-2/h11,13,17-18,36-38,40-44,46-47,49-52H,3-10,12,14-16,19-35H2,1-2H3,(H,45,48)/b13-11+,18-17+/t36-,37+,38+,40-,41+,42-,43+,44?/m0/s1. The van der Waals surface area contributed by atoms with Gasteiger partial charge >= 0.3 is 0 Å². The average Bonchev–Trinajstić information content (AvgIpc) is 3.17. The Morgan fingerprint density at radius 2 is 1.13 bits per heavy atom. The quantitative estimate of drug-likeness (QED) is 0.0250. The average molecular weight is 770 g/mol. The Balaban J connectivity index is 2.42. The molecule has 1 saturated heterocycles. The van der Waals surface area contributed by atoms with Crippen molar-refractivity contribution in [2.75, 3.05) is 13.2 Å². The van der Waals surface area contributed by atoms with Crippen LogP contribution in [0.1, 0.15) is 187 Å². The molecule has 0 radical (unpaired) electrons. The van der Waals surface area contributed by atoms with Crippen molar-refractivity contribution in [2.45, 2.75) is 236 Å². The van der Waals surface area contributed by atoms with Crippen molar-refractivity contribution in [1.82, 2.24) is 5.32 Å². The Morgan fingerprint density at radius 1 is 0.648 bits per heavy atom. The SMILES string of the molecule is CCCCC/C=C/C/C=C/CCCCCCCCCC(=O)N[C@@H](COC1O[C@H](CO)[C@@H](O)[C@H](O)[C@H]1O)[C@H](O)[C@H](O)CCCCCCCCCCCCCC. The van der Waals surface area contributed by atoms with Gasteiger partial charge in [0.1, 0.15) is 30.5 Å². The van der Waals surface area contributed by atoms with Crippen molar-refractivity contribution in [3.05, 3.63) is 24.3 Å². The minimum absolute atomic E-state index is 0.267. The number of amides is 1. The molecule has 1 aliphatic heterocycles. The van der Waals surface area contributed by atoms with Gasteiger partial charge in [0.2, 0.25) is 5.91 Å². The van der Waals surface area contributed by atoms with Gasteiger partial charge in [-0.05, 0) is 44.9 Å². The molecular formula is C44H83NO9. The van der Waals surface area contributed by atoms with Gasteiger partial charge in [-0.3, -0.25) is 4.79 Å². The third kappa shape index (κ3) is 25.0. The Labute approximate surface area is 329 Å². The molecule has 0 aliphatic carbocycles. The van der Waals surface area contributed by atoms with Crippen LogP contribution in [0.4, 0.5) is 0 Å². The van der Waals surface area contributed by atoms with Crippen LogP contribution in [0, 0.1) is 0 Å². The van der Waals surface area contributed by atoms with Crippen molar-refractivity contribution in [3.8, 4) is 0 Å². The number of hydrogen-bond donors (Lipinski definition) is 7. The van der Waals surface area contributed by atoms with E-state index >= 15 is 0 Å². The second kappa shape index (κ2) is 34.8. The van der Waals surface area contributed by atoms with Crippen molar-refractivity contribution in [1.29, 1.82) is 0 Å². The Hall–Kier alpha value is -1.37. The molecule has 10 nitrogen and oxygen atoms in total. The first kappa shape index (κ1) is 50.6. The van der Waals surface area contributed by atoms with Crippen LogP contribution in [0.25, 0.3) is 0 Å². The molecule has 0 saturated carbocycles. The number of aliphatic hydroxyl groups is 6. The Bertz CT molecular complexity index is 916. The summed E-state index contributed by atoms with van der Waals surface area (Å²) in [5.74, 6) is -0.267. The highest BCUT2D eigenvalue weighted by molar-refractivity contribution is 5.76. The van der Waals surface area contributed by atoms with E-state index in [2.05, 4.69) is 43.5 Å². The molecule has 1 rings (SSSR count). The lowest BCUT2D eigenvalue weighted by atomic mass is 9.98. The van der Waals surface area contributed by atoms with Crippen LogP contribution in [0.5, 0.6) is 0 Å². The normalized spacial score (nSPS) is 22.3. The van der Waals surface area contributed by atoms with Crippen molar-refractivity contribution < 1.29 is 44.9 Å². The van der Waals surface area contributed by atoms with E-state index in [-0.39, 0.29) is 18.9 Å². The summed E-state index contributed by atoms with van der Waals surface area (Å²) in [7, 11) is 0. The largest absolute Gasteiger partial charge is 0.394 e. The van der Waals surface area contributed by atoms with Crippen LogP contribution < -0.4 is 5.32 Å². The van der Waals surface area contributed by atoms with Gasteiger partial charge in [0.15, 0.2) is 6.29 Å². The highest BCUT2D eigenvalue weighted by Gasteiger charge is 2.44. The van der Waals surface area contributed by atoms with Crippen LogP contribution in [-0.2, 0) is 14.3 Å². The summed E-state index contributed by atoms with van der Waals surface area (Å²) in [5, 5.41) is 65.0. The summed E-state index contributed by atoms with van der Waals surface area (Å²) in [6, 6.07) is -0.993. The minimum atomic E-state index is -1.61. The molecule has 1 amide bonds. The molecule has 1 aliphatic rings. The fourth-order valence-corrected chi connectivity index (χ4v) is 6.99. The Kier molecular flexibility index (Phi) is 32.7. The summed E-state index contributed by atoms with van der Waals surface area (Å²) in [5.41, 5.74) is 0. The van der Waals surface area contributed by atoms with Gasteiger partial charge in [0.25, 0.3) is 0 Å². The predicted octanol–water partition coefficient (Wildman–Crippen LogP) is 7.69. The maximum absolute atomic E-state index is 13.0. The zero-order chi connectivity index (χ0) is 39.7. The molecule has 0 bridgehead atoms. The lowest BCUT2D eigenvalue weighted by molar-refractivity contribution is -0.303. The summed E-state index contributed by atoms with van der Waals surface area (Å²) in [6.45, 7) is 3.56. The highest BCUT2D eigenvalue weighted by Crippen LogP contribution is 2.23. The fourth-order valence-electron chi connectivity index (χ4n) is 6.99. The Morgan fingerprint density at radius 3 is 1.69 bits per heavy atom. The van der Waals surface area contributed by atoms with Crippen LogP contribution in [0.2, 0.25) is 0 Å². The molecule has 7 N–H and O–H groups in total. The van der Waals surface area contributed by atoms with Crippen molar-refractivity contribution >= 4 is 5.91 Å². The van der Waals surface area contributed by atoms with Gasteiger partial charge in [-0.25, -0.2) is 0 Å². The number of hydrogen-bond acceptors (Lipinski definition) is 9. The monoisotopic (exact) mass is 770 g/mol. The maximum Gasteiger partial charge on any atom is 0.220 e. The summed E-state index contributed by atoms with van der Waals surface area (Å²) < 4.78 is 11.1. The lowest BCUT2D eigenvalue weighted by Gasteiger charge is -2.40. The smallest absolute Gasteiger partial charge is 0.220 e. The van der Waals surface area contributed by atoms with E-state index in [4.69, 9.17) is 9.47 Å². The summed E-state index contributed by atoms with van der Waals surface area (Å²) >= 11 is 0. The molecule has 0 aromatic rings. The molecule has 0 aromatic carbocycles. The molecule has 1 fully saturated rings. The van der Waals surface area contributed by atoms with Gasteiger partial charge < -0.3 is 45.4 Å². The molecular weight excluding hydrogens is 686 g/mol. The third-order valence-electron chi connectivity index (χ3n) is 10.6. The first-order valence-corrected chi connectivity index (χ1v) is 22.1. The summed E-state index contributed by atoms with van der Waals surface area (Å²) in [4.78, 5) is 13.0. The highest BCUT2D eigenvalue weighted by atomic mass is 16.7. The topological polar surface area (TPSA) is 169 Å². The molecule has 10 heteroatoms. The van der Waals surface area contributed by atoms with E-state index in [0.717, 1.165) is 57.8 Å². The van der Waals surface area contributed by atoms with Crippen molar-refractivity contribution in [3.63, 3.8) is 0 Å². The van der Waals surface area contributed by atoms with Crippen LogP contribution in [0.3, 0.4) is 0 Å². The molecule has 0 spiro atoms. The first-order chi connectivity index (χ1) is 26.3. The van der Waals surface area contributed by atoms with Gasteiger partial charge in [0.05, 0.1) is 25.4 Å². The van der Waals surface area contributed by atoms with Gasteiger partial charge in [-0.15, -0.1) is 0 Å². The number of rotatable bonds is 36. The number of carbonyl (C=O) groups is 1. The number of allylic oxidation sites excluding steroid dienone is 4. The lowest BCUT2D eigenvalue weighted by Crippen LogP contribution is -2.60. The second-order valence-corrected chi connectivity index (χ2v) is 15.6. The molecule has 1 heterocycles. The minimum Gasteiger partial charge on any atom is -0.394 e. The van der Waals surface area contributed by atoms with E-state index in [0.29, 0.717) is 12.8 Å². The number of ether oxygens (including phenoxy) is 2. The van der Waals surface area contributed by atoms with Crippen molar-refractivity contribution in [2.24, 2.45) is 0 Å². The van der Waals surface area contributed by atoms with Crippen LogP contribution in [0.15, 0.2) is 24.3 Å². The van der Waals surface area contributed by atoms with E-state index in [1.54, 1.807) is 0 Å². The molecule has 1 unspecified atom stereocenters. The van der Waals surface area contributed by atoms with E-state index in [1.807, 2.05) is 0 Å². The first-order valence-electron chi connectivity index (χ1n) is 22.1. The third-order valence-corrected chi connectivity index (χ3v) is 10.6. The zero-order valence-corrected chi connectivity index (χ0v) is 34.3. The van der Waals surface area contributed by atoms with Crippen LogP contribution in [-0.4, -0.2) is 98.7 Å². The molecule has 318 valence electrons. The van der Waals surface area contributed by atoms with Gasteiger partial charge in [0, 0.05) is 6.42 Å². The molecule has 0 aromatic heterocycles. The molecule has 8 atom stereocenters. The van der Waals surface area contributed by atoms with E-state index in [1.165, 1.54) is 96.3 Å². The summed E-state index contributed by atoms with van der Waals surface area (Å²) in [6.07, 6.45) is 28.9. The van der Waals surface area contributed by atoms with E-state index in [9.17, 15) is 35.4 Å². The zero-order valence-electron chi connectivity index (χ0n) is 34.3. The fraction of sp³-hybridized carbons (Fsp3) is 0.886. The predicted molar refractivity (Wildman–Crippen MR) is 218 cm³/mol. The van der Waals surface area contributed by atoms with E-state index < -0.39 is 55.6 Å².